The molecule has 0 aliphatic carbocycles. The number of rotatable bonds is 7. The summed E-state index contributed by atoms with van der Waals surface area (Å²) >= 11 is 6.08. The van der Waals surface area contributed by atoms with Crippen LogP contribution in [-0.4, -0.2) is 29.4 Å². The van der Waals surface area contributed by atoms with E-state index in [4.69, 9.17) is 22.1 Å². The first-order chi connectivity index (χ1) is 13.3. The number of esters is 1. The highest BCUT2D eigenvalue weighted by Gasteiger charge is 2.19. The van der Waals surface area contributed by atoms with Crippen molar-refractivity contribution in [1.82, 2.24) is 5.32 Å². The average molecular weight is 407 g/mol. The summed E-state index contributed by atoms with van der Waals surface area (Å²) in [6.07, 6.45) is 0. The summed E-state index contributed by atoms with van der Waals surface area (Å²) in [7, 11) is 0. The second-order valence-electron chi connectivity index (χ2n) is 5.42. The summed E-state index contributed by atoms with van der Waals surface area (Å²) in [5.74, 6) is -1.93. The third-order valence-electron chi connectivity index (χ3n) is 3.46. The molecule has 0 fully saturated rings. The number of ether oxygens (including phenoxy) is 1. The number of urea groups is 1. The molecule has 0 aliphatic rings. The van der Waals surface area contributed by atoms with Crippen molar-refractivity contribution in [1.29, 1.82) is 0 Å². The van der Waals surface area contributed by atoms with Crippen LogP contribution in [0.4, 0.5) is 16.2 Å². The second kappa shape index (κ2) is 9.33. The molecule has 0 heterocycles. The molecule has 0 aliphatic heterocycles. The Morgan fingerprint density at radius 1 is 1.18 bits per heavy atom. The lowest BCUT2D eigenvalue weighted by molar-refractivity contribution is -0.384. The first kappa shape index (κ1) is 20.6. The van der Waals surface area contributed by atoms with E-state index in [0.717, 1.165) is 11.6 Å². The molecule has 146 valence electrons. The van der Waals surface area contributed by atoms with Crippen LogP contribution in [0.1, 0.15) is 15.9 Å². The minimum atomic E-state index is -1.10. The number of benzene rings is 2. The predicted octanol–water partition coefficient (Wildman–Crippen LogP) is 2.21. The molecule has 4 N–H and O–H groups in total. The highest BCUT2D eigenvalue weighted by molar-refractivity contribution is 6.31. The van der Waals surface area contributed by atoms with Gasteiger partial charge >= 0.3 is 12.0 Å². The molecule has 28 heavy (non-hydrogen) atoms. The van der Waals surface area contributed by atoms with Gasteiger partial charge in [0.2, 0.25) is 0 Å². The van der Waals surface area contributed by atoms with Gasteiger partial charge in [0.1, 0.15) is 0 Å². The van der Waals surface area contributed by atoms with Crippen LogP contribution in [0.2, 0.25) is 5.02 Å². The summed E-state index contributed by atoms with van der Waals surface area (Å²) in [6.45, 7) is -0.547. The number of carbonyl (C=O) groups excluding carboxylic acids is 3. The van der Waals surface area contributed by atoms with Gasteiger partial charge in [0, 0.05) is 29.4 Å². The first-order valence-corrected chi connectivity index (χ1v) is 8.18. The van der Waals surface area contributed by atoms with Crippen molar-refractivity contribution < 1.29 is 24.0 Å². The van der Waals surface area contributed by atoms with Gasteiger partial charge in [-0.05, 0) is 17.7 Å². The van der Waals surface area contributed by atoms with Gasteiger partial charge in [0.05, 0.1) is 10.5 Å². The highest BCUT2D eigenvalue weighted by atomic mass is 35.5. The lowest BCUT2D eigenvalue weighted by Crippen LogP contribution is -2.37. The maximum atomic E-state index is 12.3. The number of amides is 3. The second-order valence-corrected chi connectivity index (χ2v) is 5.83. The Labute approximate surface area is 163 Å². The molecule has 11 heteroatoms. The largest absolute Gasteiger partial charge is 0.452 e. The Balaban J connectivity index is 2.19. The van der Waals surface area contributed by atoms with Gasteiger partial charge in [-0.2, -0.15) is 0 Å². The number of nitrogens with zero attached hydrogens (tertiary/aromatic N) is 1. The molecular formula is C17H15ClN4O6. The number of nitrogens with one attached hydrogen (secondary N) is 2. The van der Waals surface area contributed by atoms with E-state index in [-0.39, 0.29) is 23.5 Å². The summed E-state index contributed by atoms with van der Waals surface area (Å²) in [5, 5.41) is 16.2. The fraction of sp³-hybridized carbons (Fsp3) is 0.118. The van der Waals surface area contributed by atoms with Crippen LogP contribution in [0, 0.1) is 10.1 Å². The minimum absolute atomic E-state index is 0.159. The summed E-state index contributed by atoms with van der Waals surface area (Å²) in [6, 6.07) is 9.49. The monoisotopic (exact) mass is 406 g/mol. The summed E-state index contributed by atoms with van der Waals surface area (Å²) in [5.41, 5.74) is 5.27. The van der Waals surface area contributed by atoms with Crippen molar-refractivity contribution in [3.05, 3.63) is 68.7 Å². The van der Waals surface area contributed by atoms with Gasteiger partial charge in [0.25, 0.3) is 11.6 Å². The molecule has 10 nitrogen and oxygen atoms in total. The van der Waals surface area contributed by atoms with E-state index in [1.165, 1.54) is 12.1 Å². The molecule has 3 amide bonds. The van der Waals surface area contributed by atoms with Gasteiger partial charge in [-0.25, -0.2) is 9.59 Å². The van der Waals surface area contributed by atoms with Gasteiger partial charge in [0.15, 0.2) is 6.61 Å². The quantitative estimate of drug-likeness (QED) is 0.361. The van der Waals surface area contributed by atoms with Crippen molar-refractivity contribution >= 4 is 40.9 Å². The van der Waals surface area contributed by atoms with Crippen LogP contribution in [-0.2, 0) is 16.1 Å². The maximum absolute atomic E-state index is 12.3. The molecule has 2 aromatic carbocycles. The fourth-order valence-electron chi connectivity index (χ4n) is 2.18. The van der Waals surface area contributed by atoms with E-state index in [1.807, 2.05) is 0 Å². The van der Waals surface area contributed by atoms with Crippen LogP contribution in [0.3, 0.4) is 0 Å². The number of anilines is 1. The number of hydrogen-bond donors (Lipinski definition) is 3. The molecule has 0 aromatic heterocycles. The molecule has 0 radical (unpaired) electrons. The van der Waals surface area contributed by atoms with Gasteiger partial charge < -0.3 is 15.8 Å². The lowest BCUT2D eigenvalue weighted by Gasteiger charge is -2.12. The third-order valence-corrected chi connectivity index (χ3v) is 3.83. The van der Waals surface area contributed by atoms with E-state index in [1.54, 1.807) is 29.6 Å². The lowest BCUT2D eigenvalue weighted by atomic mass is 10.1. The fourth-order valence-corrected chi connectivity index (χ4v) is 2.39. The maximum Gasteiger partial charge on any atom is 0.341 e. The normalized spacial score (nSPS) is 10.0. The van der Waals surface area contributed by atoms with Crippen molar-refractivity contribution in [3.63, 3.8) is 0 Å². The minimum Gasteiger partial charge on any atom is -0.452 e. The standard InChI is InChI=1S/C17H15ClN4O6/c18-13-4-2-1-3-10(13)8-20-14-6-5-11(22(26)27)7-12(14)16(24)28-9-15(23)21-17(19)25/h1-7,20H,8-9H2,(H3,19,21,23,25). The Hall–Kier alpha value is -3.66. The van der Waals surface area contributed by atoms with Crippen LogP contribution in [0.5, 0.6) is 0 Å². The van der Waals surface area contributed by atoms with Crippen molar-refractivity contribution in [2.45, 2.75) is 6.54 Å². The number of nitrogens with two attached hydrogens (primary N) is 1. The zero-order valence-electron chi connectivity index (χ0n) is 14.3. The third kappa shape index (κ3) is 5.68. The van der Waals surface area contributed by atoms with Crippen molar-refractivity contribution in [2.24, 2.45) is 5.73 Å². The molecule has 0 atom stereocenters. The highest BCUT2D eigenvalue weighted by Crippen LogP contribution is 2.24. The van der Waals surface area contributed by atoms with E-state index < -0.39 is 29.4 Å². The van der Waals surface area contributed by atoms with Gasteiger partial charge in [-0.3, -0.25) is 20.2 Å². The Morgan fingerprint density at radius 2 is 1.89 bits per heavy atom. The number of nitro groups is 1. The van der Waals surface area contributed by atoms with Crippen LogP contribution >= 0.6 is 11.6 Å². The van der Waals surface area contributed by atoms with Crippen molar-refractivity contribution in [3.8, 4) is 0 Å². The number of primary amides is 1. The molecule has 2 aromatic rings. The predicted molar refractivity (Wildman–Crippen MR) is 99.9 cm³/mol. The molecule has 0 saturated carbocycles. The number of imide groups is 1. The average Bonchev–Trinajstić information content (AvgIpc) is 2.64. The van der Waals surface area contributed by atoms with Crippen LogP contribution in [0.25, 0.3) is 0 Å². The first-order valence-electron chi connectivity index (χ1n) is 7.80. The Kier molecular flexibility index (Phi) is 6.88. The Morgan fingerprint density at radius 3 is 2.54 bits per heavy atom. The molecule has 0 bridgehead atoms. The summed E-state index contributed by atoms with van der Waals surface area (Å²) in [4.78, 5) is 44.6. The molecule has 0 spiro atoms. The van der Waals surface area contributed by atoms with E-state index in [0.29, 0.717) is 5.02 Å². The van der Waals surface area contributed by atoms with E-state index >= 15 is 0 Å². The van der Waals surface area contributed by atoms with Crippen molar-refractivity contribution in [2.75, 3.05) is 11.9 Å². The molecular weight excluding hydrogens is 392 g/mol. The topological polar surface area (TPSA) is 154 Å². The molecule has 0 saturated heterocycles. The van der Waals surface area contributed by atoms with Gasteiger partial charge in [-0.15, -0.1) is 0 Å². The SMILES string of the molecule is NC(=O)NC(=O)COC(=O)c1cc([N+](=O)[O-])ccc1NCc1ccccc1Cl. The van der Waals surface area contributed by atoms with E-state index in [2.05, 4.69) is 5.32 Å². The van der Waals surface area contributed by atoms with E-state index in [9.17, 15) is 24.5 Å². The number of hydrogen-bond acceptors (Lipinski definition) is 7. The Bertz CT molecular complexity index is 934. The van der Waals surface area contributed by atoms with Crippen LogP contribution < -0.4 is 16.4 Å². The zero-order valence-corrected chi connectivity index (χ0v) is 15.1. The zero-order chi connectivity index (χ0) is 20.7. The smallest absolute Gasteiger partial charge is 0.341 e. The number of carbonyl (C=O) groups is 3. The van der Waals surface area contributed by atoms with Gasteiger partial charge in [-0.1, -0.05) is 29.8 Å². The summed E-state index contributed by atoms with van der Waals surface area (Å²) < 4.78 is 4.79. The number of halogens is 1. The molecule has 0 unspecified atom stereocenters. The molecule has 2 rings (SSSR count). The number of non-ortho nitro benzene ring substituents is 1. The number of nitro benzene ring substituents is 1. The van der Waals surface area contributed by atoms with Crippen LogP contribution in [0.15, 0.2) is 42.5 Å².